The number of rotatable bonds is 4. The molecule has 1 N–H and O–H groups in total. The van der Waals surface area contributed by atoms with Gasteiger partial charge in [-0.15, -0.1) is 0 Å². The van der Waals surface area contributed by atoms with Crippen LogP contribution in [0.25, 0.3) is 0 Å². The van der Waals surface area contributed by atoms with Crippen LogP contribution in [0.1, 0.15) is 84.5 Å². The Kier molecular flexibility index (Phi) is 4.37. The van der Waals surface area contributed by atoms with Crippen LogP contribution in [-0.2, 0) is 4.79 Å². The Bertz CT molecular complexity index is 616. The highest BCUT2D eigenvalue weighted by Gasteiger charge is 2.54. The van der Waals surface area contributed by atoms with Crippen molar-refractivity contribution in [3.8, 4) is 0 Å². The van der Waals surface area contributed by atoms with Gasteiger partial charge in [0, 0.05) is 6.42 Å². The molecule has 0 spiro atoms. The second-order valence-electron chi connectivity index (χ2n) is 9.64. The lowest BCUT2D eigenvalue weighted by molar-refractivity contribution is -0.137. The summed E-state index contributed by atoms with van der Waals surface area (Å²) in [5.74, 6) is 1.82. The van der Waals surface area contributed by atoms with Gasteiger partial charge in [-0.1, -0.05) is 50.0 Å². The maximum absolute atomic E-state index is 10.9. The molecule has 25 heavy (non-hydrogen) atoms. The van der Waals surface area contributed by atoms with Crippen molar-refractivity contribution in [1.29, 1.82) is 0 Å². The molecular weight excluding hydrogens is 308 g/mol. The van der Waals surface area contributed by atoms with Crippen LogP contribution in [0.3, 0.4) is 0 Å². The average Bonchev–Trinajstić information content (AvgIpc) is 2.91. The Labute approximate surface area is 152 Å². The summed E-state index contributed by atoms with van der Waals surface area (Å²) in [4.78, 5) is 10.9. The molecule has 2 saturated carbocycles. The summed E-state index contributed by atoms with van der Waals surface area (Å²) in [7, 11) is 0. The van der Waals surface area contributed by atoms with Crippen LogP contribution < -0.4 is 0 Å². The van der Waals surface area contributed by atoms with E-state index in [1.165, 1.54) is 51.4 Å². The van der Waals surface area contributed by atoms with E-state index in [9.17, 15) is 4.79 Å². The van der Waals surface area contributed by atoms with Crippen molar-refractivity contribution < 1.29 is 9.90 Å². The van der Waals surface area contributed by atoms with Crippen molar-refractivity contribution in [3.05, 3.63) is 23.3 Å². The van der Waals surface area contributed by atoms with Crippen molar-refractivity contribution >= 4 is 5.97 Å². The Morgan fingerprint density at radius 2 is 2.00 bits per heavy atom. The van der Waals surface area contributed by atoms with Crippen LogP contribution in [-0.4, -0.2) is 11.1 Å². The topological polar surface area (TPSA) is 37.3 Å². The first-order valence-electron chi connectivity index (χ1n) is 10.6. The van der Waals surface area contributed by atoms with E-state index in [1.807, 2.05) is 5.57 Å². The number of hydrogen-bond acceptors (Lipinski definition) is 1. The molecule has 2 nitrogen and oxygen atoms in total. The van der Waals surface area contributed by atoms with Crippen molar-refractivity contribution in [2.75, 3.05) is 0 Å². The number of carboxylic acids is 1. The van der Waals surface area contributed by atoms with E-state index < -0.39 is 5.97 Å². The minimum Gasteiger partial charge on any atom is -0.481 e. The number of fused-ring (bicyclic) bond motifs is 5. The summed E-state index contributed by atoms with van der Waals surface area (Å²) in [6.45, 7) is 5.05. The van der Waals surface area contributed by atoms with Gasteiger partial charge in [0.1, 0.15) is 0 Å². The van der Waals surface area contributed by atoms with Gasteiger partial charge in [0.25, 0.3) is 0 Å². The van der Waals surface area contributed by atoms with Gasteiger partial charge in [-0.25, -0.2) is 0 Å². The van der Waals surface area contributed by atoms with Gasteiger partial charge in [-0.2, -0.15) is 0 Å². The number of aliphatic carboxylic acids is 1. The van der Waals surface area contributed by atoms with Crippen LogP contribution in [0.2, 0.25) is 0 Å². The van der Waals surface area contributed by atoms with Crippen molar-refractivity contribution in [3.63, 3.8) is 0 Å². The first-order valence-corrected chi connectivity index (χ1v) is 10.6. The molecule has 0 aliphatic heterocycles. The van der Waals surface area contributed by atoms with Gasteiger partial charge in [0.05, 0.1) is 0 Å². The Hall–Kier alpha value is -1.05. The molecule has 0 aromatic carbocycles. The van der Waals surface area contributed by atoms with Crippen LogP contribution in [0.5, 0.6) is 0 Å². The Morgan fingerprint density at radius 3 is 2.80 bits per heavy atom. The zero-order valence-corrected chi connectivity index (χ0v) is 16.0. The zero-order valence-electron chi connectivity index (χ0n) is 16.0. The largest absolute Gasteiger partial charge is 0.481 e. The van der Waals surface area contributed by atoms with E-state index in [0.717, 1.165) is 30.6 Å². The summed E-state index contributed by atoms with van der Waals surface area (Å²) < 4.78 is 0. The second-order valence-corrected chi connectivity index (χ2v) is 9.64. The van der Waals surface area contributed by atoms with Crippen LogP contribution in [0, 0.1) is 28.6 Å². The van der Waals surface area contributed by atoms with E-state index in [4.69, 9.17) is 5.11 Å². The highest BCUT2D eigenvalue weighted by atomic mass is 16.4. The number of carbonyl (C=O) groups is 1. The fourth-order valence-corrected chi connectivity index (χ4v) is 7.04. The van der Waals surface area contributed by atoms with E-state index in [0.29, 0.717) is 17.3 Å². The molecule has 4 aliphatic carbocycles. The summed E-state index contributed by atoms with van der Waals surface area (Å²) in [5.41, 5.74) is 4.16. The molecule has 138 valence electrons. The zero-order chi connectivity index (χ0) is 17.7. The van der Waals surface area contributed by atoms with Crippen LogP contribution in [0.15, 0.2) is 23.3 Å². The smallest absolute Gasteiger partial charge is 0.303 e. The molecule has 0 saturated heterocycles. The maximum Gasteiger partial charge on any atom is 0.303 e. The summed E-state index contributed by atoms with van der Waals surface area (Å²) in [6, 6.07) is 0. The Balaban J connectivity index is 1.55. The normalized spacial score (nSPS) is 42.7. The summed E-state index contributed by atoms with van der Waals surface area (Å²) in [6.07, 6.45) is 18.2. The molecule has 4 aliphatic rings. The third kappa shape index (κ3) is 2.71. The first-order chi connectivity index (χ1) is 11.9. The summed E-state index contributed by atoms with van der Waals surface area (Å²) >= 11 is 0. The van der Waals surface area contributed by atoms with Gasteiger partial charge < -0.3 is 5.11 Å². The minimum atomic E-state index is -0.658. The number of carboxylic acid groups (broad SMARTS) is 1. The average molecular weight is 343 g/mol. The molecular formula is C23H34O2. The van der Waals surface area contributed by atoms with Crippen LogP contribution >= 0.6 is 0 Å². The van der Waals surface area contributed by atoms with Crippen molar-refractivity contribution in [2.24, 2.45) is 28.6 Å². The second kappa shape index (κ2) is 6.28. The molecule has 0 bridgehead atoms. The first kappa shape index (κ1) is 17.4. The lowest BCUT2D eigenvalue weighted by Crippen LogP contribution is -2.46. The molecule has 5 unspecified atom stereocenters. The third-order valence-corrected chi connectivity index (χ3v) is 8.52. The predicted octanol–water partition coefficient (Wildman–Crippen LogP) is 6.13. The predicted molar refractivity (Wildman–Crippen MR) is 101 cm³/mol. The van der Waals surface area contributed by atoms with E-state index >= 15 is 0 Å². The minimum absolute atomic E-state index is 0.296. The van der Waals surface area contributed by atoms with Gasteiger partial charge in [-0.05, 0) is 80.0 Å². The quantitative estimate of drug-likeness (QED) is 0.624. The van der Waals surface area contributed by atoms with Gasteiger partial charge in [0.2, 0.25) is 0 Å². The molecule has 0 amide bonds. The SMILES string of the molecule is CC12CCCCC1CCC1C2=CCC2(C)C(CCCC(=O)O)=CCC12. The lowest BCUT2D eigenvalue weighted by Gasteiger charge is -2.56. The van der Waals surface area contributed by atoms with Gasteiger partial charge in [0.15, 0.2) is 0 Å². The van der Waals surface area contributed by atoms with Gasteiger partial charge >= 0.3 is 5.97 Å². The third-order valence-electron chi connectivity index (χ3n) is 8.52. The van der Waals surface area contributed by atoms with Crippen LogP contribution in [0.4, 0.5) is 0 Å². The highest BCUT2D eigenvalue weighted by Crippen LogP contribution is 2.64. The molecule has 5 atom stereocenters. The Morgan fingerprint density at radius 1 is 1.16 bits per heavy atom. The fourth-order valence-electron chi connectivity index (χ4n) is 7.04. The monoisotopic (exact) mass is 342 g/mol. The molecule has 4 rings (SSSR count). The maximum atomic E-state index is 10.9. The van der Waals surface area contributed by atoms with E-state index in [-0.39, 0.29) is 0 Å². The van der Waals surface area contributed by atoms with Crippen molar-refractivity contribution in [2.45, 2.75) is 84.5 Å². The number of allylic oxidation sites excluding steroid dienone is 4. The van der Waals surface area contributed by atoms with Gasteiger partial charge in [-0.3, -0.25) is 4.79 Å². The van der Waals surface area contributed by atoms with E-state index in [1.54, 1.807) is 5.57 Å². The highest BCUT2D eigenvalue weighted by molar-refractivity contribution is 5.66. The standard InChI is InChI=1S/C23H34O2/c1-22-14-4-3-6-16(22)9-11-18-19-12-10-17(7-5-8-21(24)25)23(19,2)15-13-20(18)22/h10,13,16,18-19H,3-9,11-12,14-15H2,1-2H3,(H,24,25). The molecule has 2 heteroatoms. The molecule has 0 aromatic heterocycles. The molecule has 0 radical (unpaired) electrons. The molecule has 0 aromatic rings. The fraction of sp³-hybridized carbons (Fsp3) is 0.783. The lowest BCUT2D eigenvalue weighted by atomic mass is 9.49. The van der Waals surface area contributed by atoms with E-state index in [2.05, 4.69) is 26.0 Å². The molecule has 0 heterocycles. The summed E-state index contributed by atoms with van der Waals surface area (Å²) in [5, 5.41) is 8.95. The molecule has 2 fully saturated rings. The number of hydrogen-bond donors (Lipinski definition) is 1. The van der Waals surface area contributed by atoms with Crippen molar-refractivity contribution in [1.82, 2.24) is 0 Å².